The molecule has 1 aliphatic rings. The third-order valence-corrected chi connectivity index (χ3v) is 5.57. The monoisotopic (exact) mass is 492 g/mol. The van der Waals surface area contributed by atoms with E-state index < -0.39 is 55.3 Å². The summed E-state index contributed by atoms with van der Waals surface area (Å²) >= 11 is 11.8. The van der Waals surface area contributed by atoms with Gasteiger partial charge in [0.1, 0.15) is 36.2 Å². The zero-order chi connectivity index (χ0) is 23.5. The number of anilines is 1. The van der Waals surface area contributed by atoms with E-state index in [9.17, 15) is 22.4 Å². The molecule has 0 spiro atoms. The second-order valence-corrected chi connectivity index (χ2v) is 7.99. The molecule has 2 aromatic rings. The van der Waals surface area contributed by atoms with Crippen LogP contribution in [0.4, 0.5) is 23.2 Å². The van der Waals surface area contributed by atoms with Crippen molar-refractivity contribution in [3.63, 3.8) is 0 Å². The number of pyridine rings is 1. The molecule has 0 fully saturated rings. The normalized spacial score (nSPS) is 20.0. The lowest BCUT2D eigenvalue weighted by Gasteiger charge is -2.41. The van der Waals surface area contributed by atoms with Gasteiger partial charge in [-0.15, -0.1) is 0 Å². The number of aliphatic imine (C=N–C) groups is 1. The first-order chi connectivity index (χ1) is 15.2. The zero-order valence-electron chi connectivity index (χ0n) is 16.5. The fourth-order valence-corrected chi connectivity index (χ4v) is 3.70. The molecule has 32 heavy (non-hydrogen) atoms. The molecule has 3 N–H and O–H groups in total. The first kappa shape index (κ1) is 24.2. The first-order valence-electron chi connectivity index (χ1n) is 9.30. The molecule has 1 aromatic heterocycles. The van der Waals surface area contributed by atoms with Crippen LogP contribution in [0.25, 0.3) is 0 Å². The van der Waals surface area contributed by atoms with E-state index >= 15 is 0 Å². The molecule has 0 saturated heterocycles. The molecule has 6 nitrogen and oxygen atoms in total. The van der Waals surface area contributed by atoms with E-state index in [4.69, 9.17) is 33.7 Å². The lowest BCUT2D eigenvalue weighted by Crippen LogP contribution is -2.57. The summed E-state index contributed by atoms with van der Waals surface area (Å²) in [5, 5.41) is 2.73. The molecule has 1 amide bonds. The third kappa shape index (κ3) is 4.53. The summed E-state index contributed by atoms with van der Waals surface area (Å²) in [6, 6.07) is 4.83. The summed E-state index contributed by atoms with van der Waals surface area (Å²) in [6.07, 6.45) is 0.856. The van der Waals surface area contributed by atoms with Crippen molar-refractivity contribution >= 4 is 40.6 Å². The van der Waals surface area contributed by atoms with E-state index in [1.807, 2.05) is 0 Å². The number of nitrogens with zero attached hydrogens (tertiary/aromatic N) is 2. The highest BCUT2D eigenvalue weighted by molar-refractivity contribution is 6.36. The first-order valence-corrected chi connectivity index (χ1v) is 10.1. The quantitative estimate of drug-likeness (QED) is 0.560. The molecule has 0 aliphatic carbocycles. The van der Waals surface area contributed by atoms with Crippen molar-refractivity contribution in [1.82, 2.24) is 4.98 Å². The Bertz CT molecular complexity index is 1050. The minimum atomic E-state index is -2.10. The van der Waals surface area contributed by atoms with E-state index in [2.05, 4.69) is 15.3 Å². The lowest BCUT2D eigenvalue weighted by molar-refractivity contribution is -0.0630. The number of amides is 1. The number of ether oxygens (including phenoxy) is 1. The van der Waals surface area contributed by atoms with E-state index in [0.29, 0.717) is 0 Å². The van der Waals surface area contributed by atoms with Gasteiger partial charge in [-0.3, -0.25) is 14.2 Å². The van der Waals surface area contributed by atoms with Gasteiger partial charge in [-0.25, -0.2) is 18.2 Å². The van der Waals surface area contributed by atoms with Crippen molar-refractivity contribution in [2.24, 2.45) is 10.7 Å². The Morgan fingerprint density at radius 1 is 1.22 bits per heavy atom. The Hall–Kier alpha value is -2.43. The van der Waals surface area contributed by atoms with Crippen LogP contribution >= 0.6 is 23.2 Å². The number of carbonyl (C=O) groups excluding carboxylic acids is 1. The number of nitrogens with one attached hydrogen (secondary N) is 1. The number of amidine groups is 1. The predicted molar refractivity (Wildman–Crippen MR) is 113 cm³/mol. The molecule has 0 bridgehead atoms. The topological polar surface area (TPSA) is 89.6 Å². The van der Waals surface area contributed by atoms with Crippen molar-refractivity contribution in [3.8, 4) is 0 Å². The van der Waals surface area contributed by atoms with Crippen LogP contribution in [0.3, 0.4) is 0 Å². The number of aromatic nitrogens is 1. The maximum absolute atomic E-state index is 14.8. The summed E-state index contributed by atoms with van der Waals surface area (Å²) < 4.78 is 60.2. The maximum atomic E-state index is 14.8. The molecule has 172 valence electrons. The fourth-order valence-electron chi connectivity index (χ4n) is 3.23. The highest BCUT2D eigenvalue weighted by Crippen LogP contribution is 2.39. The van der Waals surface area contributed by atoms with Crippen LogP contribution in [0.1, 0.15) is 22.5 Å². The molecular weight excluding hydrogens is 475 g/mol. The number of benzene rings is 1. The molecule has 2 heterocycles. The van der Waals surface area contributed by atoms with Crippen LogP contribution in [0.2, 0.25) is 10.0 Å². The highest BCUT2D eigenvalue weighted by atomic mass is 35.5. The number of halogens is 6. The van der Waals surface area contributed by atoms with Crippen LogP contribution in [-0.2, 0) is 10.3 Å². The van der Waals surface area contributed by atoms with Crippen LogP contribution in [0, 0.1) is 5.82 Å². The van der Waals surface area contributed by atoms with E-state index in [1.54, 1.807) is 0 Å². The summed E-state index contributed by atoms with van der Waals surface area (Å²) in [6.45, 7) is -4.06. The van der Waals surface area contributed by atoms with Gasteiger partial charge < -0.3 is 15.8 Å². The summed E-state index contributed by atoms with van der Waals surface area (Å²) in [7, 11) is 0. The standard InChI is InChI=1S/C20H18Cl2F4N4O2/c21-11-5-14(22)16(28-7-11)17(31)29-12-1-2-15(26)13(6-12)19(3-4-23)10-32-20(8-24,9-25)18(27)30-19/h1-2,5-7H,3-4,8-10H2,(H2,27,30)(H,29,31)/t19-/m0/s1. The van der Waals surface area contributed by atoms with Crippen molar-refractivity contribution in [3.05, 3.63) is 57.6 Å². The van der Waals surface area contributed by atoms with Gasteiger partial charge in [0, 0.05) is 23.9 Å². The molecule has 0 radical (unpaired) electrons. The summed E-state index contributed by atoms with van der Waals surface area (Å²) in [5.41, 5.74) is 1.78. The Labute approximate surface area is 190 Å². The Kier molecular flexibility index (Phi) is 7.26. The summed E-state index contributed by atoms with van der Waals surface area (Å²) in [5.74, 6) is -2.05. The molecule has 12 heteroatoms. The van der Waals surface area contributed by atoms with E-state index in [1.165, 1.54) is 24.4 Å². The largest absolute Gasteiger partial charge is 0.385 e. The van der Waals surface area contributed by atoms with Gasteiger partial charge in [0.15, 0.2) is 5.60 Å². The van der Waals surface area contributed by atoms with Crippen molar-refractivity contribution in [1.29, 1.82) is 0 Å². The van der Waals surface area contributed by atoms with Crippen LogP contribution in [-0.4, -0.2) is 49.0 Å². The Morgan fingerprint density at radius 2 is 1.94 bits per heavy atom. The Morgan fingerprint density at radius 3 is 2.53 bits per heavy atom. The van der Waals surface area contributed by atoms with Gasteiger partial charge in [-0.2, -0.15) is 0 Å². The predicted octanol–water partition coefficient (Wildman–Crippen LogP) is 4.40. The fraction of sp³-hybridized carbons (Fsp3) is 0.350. The Balaban J connectivity index is 1.99. The molecule has 1 aromatic carbocycles. The van der Waals surface area contributed by atoms with E-state index in [-0.39, 0.29) is 33.4 Å². The number of alkyl halides is 3. The molecule has 3 rings (SSSR count). The molecule has 1 aliphatic heterocycles. The van der Waals surface area contributed by atoms with Gasteiger partial charge in [0.25, 0.3) is 5.91 Å². The molecular formula is C20H18Cl2F4N4O2. The van der Waals surface area contributed by atoms with Gasteiger partial charge >= 0.3 is 0 Å². The van der Waals surface area contributed by atoms with Crippen molar-refractivity contribution < 1.29 is 27.1 Å². The smallest absolute Gasteiger partial charge is 0.275 e. The van der Waals surface area contributed by atoms with Gasteiger partial charge in [0.05, 0.1) is 23.3 Å². The van der Waals surface area contributed by atoms with Crippen LogP contribution < -0.4 is 11.1 Å². The van der Waals surface area contributed by atoms with Gasteiger partial charge in [-0.05, 0) is 24.3 Å². The number of carbonyl (C=O) groups is 1. The molecule has 0 saturated carbocycles. The minimum absolute atomic E-state index is 0.00178. The second-order valence-electron chi connectivity index (χ2n) is 7.15. The van der Waals surface area contributed by atoms with Gasteiger partial charge in [0.2, 0.25) is 0 Å². The maximum Gasteiger partial charge on any atom is 0.275 e. The molecule has 1 atom stereocenters. The second kappa shape index (κ2) is 9.60. The van der Waals surface area contributed by atoms with Crippen LogP contribution in [0.15, 0.2) is 35.5 Å². The van der Waals surface area contributed by atoms with Crippen molar-refractivity contribution in [2.45, 2.75) is 17.6 Å². The van der Waals surface area contributed by atoms with E-state index in [0.717, 1.165) is 6.07 Å². The lowest BCUT2D eigenvalue weighted by atomic mass is 9.85. The highest BCUT2D eigenvalue weighted by Gasteiger charge is 2.48. The number of hydrogen-bond donors (Lipinski definition) is 2. The number of hydrogen-bond acceptors (Lipinski definition) is 5. The van der Waals surface area contributed by atoms with Crippen molar-refractivity contribution in [2.75, 3.05) is 31.9 Å². The van der Waals surface area contributed by atoms with Gasteiger partial charge in [-0.1, -0.05) is 23.2 Å². The average molecular weight is 493 g/mol. The minimum Gasteiger partial charge on any atom is -0.385 e. The zero-order valence-corrected chi connectivity index (χ0v) is 18.0. The molecule has 0 unspecified atom stereocenters. The third-order valence-electron chi connectivity index (χ3n) is 5.08. The average Bonchev–Trinajstić information content (AvgIpc) is 2.76. The van der Waals surface area contributed by atoms with Crippen LogP contribution in [0.5, 0.6) is 0 Å². The number of nitrogens with two attached hydrogens (primary N) is 1. The number of rotatable bonds is 7. The SMILES string of the molecule is NC1=N[C@](CCF)(c2cc(NC(=O)c3ncc(Cl)cc3Cl)ccc2F)COC1(CF)CF. The summed E-state index contributed by atoms with van der Waals surface area (Å²) in [4.78, 5) is 20.5.